The molecule has 0 radical (unpaired) electrons. The number of hydrogen-bond donors (Lipinski definition) is 2. The average Bonchev–Trinajstić information content (AvgIpc) is 2.85. The van der Waals surface area contributed by atoms with E-state index in [0.717, 1.165) is 36.1 Å². The van der Waals surface area contributed by atoms with Gasteiger partial charge in [0.25, 0.3) is 11.5 Å². The molecule has 0 aliphatic rings. The van der Waals surface area contributed by atoms with Crippen LogP contribution in [0.25, 0.3) is 16.7 Å². The van der Waals surface area contributed by atoms with E-state index in [4.69, 9.17) is 15.1 Å². The first kappa shape index (κ1) is 23.2. The van der Waals surface area contributed by atoms with Crippen molar-refractivity contribution < 1.29 is 9.53 Å². The number of hydrogen-bond acceptors (Lipinski definition) is 5. The number of carbonyl (C=O) groups is 1. The van der Waals surface area contributed by atoms with Gasteiger partial charge in [0.2, 0.25) is 0 Å². The Morgan fingerprint density at radius 1 is 1.15 bits per heavy atom. The highest BCUT2D eigenvalue weighted by atomic mass is 16.5. The third kappa shape index (κ3) is 4.44. The van der Waals surface area contributed by atoms with E-state index < -0.39 is 5.91 Å². The quantitative estimate of drug-likeness (QED) is 0.311. The van der Waals surface area contributed by atoms with Gasteiger partial charge in [-0.25, -0.2) is 4.98 Å². The van der Waals surface area contributed by atoms with Crippen molar-refractivity contribution in [3.05, 3.63) is 81.2 Å². The van der Waals surface area contributed by atoms with E-state index in [1.165, 1.54) is 10.5 Å². The number of pyridine rings is 2. The summed E-state index contributed by atoms with van der Waals surface area (Å²) in [5.74, 6) is 0.335. The maximum atomic E-state index is 13.4. The Bertz CT molecular complexity index is 1470. The molecule has 0 aliphatic heterocycles. The number of methoxy groups -OCH3 is 1. The zero-order chi connectivity index (χ0) is 24.2. The Kier molecular flexibility index (Phi) is 6.77. The third-order valence-electron chi connectivity index (χ3n) is 5.98. The van der Waals surface area contributed by atoms with Crippen molar-refractivity contribution in [1.29, 1.82) is 5.41 Å². The topological polar surface area (TPSA) is 101 Å². The van der Waals surface area contributed by atoms with Gasteiger partial charge in [0.15, 0.2) is 0 Å². The predicted molar refractivity (Wildman–Crippen MR) is 131 cm³/mol. The fraction of sp³-hybridized carbons (Fsp3) is 0.308. The molecule has 4 rings (SSSR count). The smallest absolute Gasteiger partial charge is 0.267 e. The normalized spacial score (nSPS) is 11.1. The van der Waals surface area contributed by atoms with Crippen LogP contribution < -0.4 is 21.1 Å². The van der Waals surface area contributed by atoms with Crippen molar-refractivity contribution >= 4 is 22.6 Å². The van der Waals surface area contributed by atoms with Gasteiger partial charge >= 0.3 is 0 Å². The number of benzene rings is 1. The van der Waals surface area contributed by atoms with Gasteiger partial charge in [0, 0.05) is 19.3 Å². The lowest BCUT2D eigenvalue weighted by molar-refractivity contribution is 0.0948. The van der Waals surface area contributed by atoms with Crippen molar-refractivity contribution in [2.45, 2.75) is 46.2 Å². The van der Waals surface area contributed by atoms with E-state index in [9.17, 15) is 9.59 Å². The molecule has 0 aliphatic carbocycles. The van der Waals surface area contributed by atoms with Crippen LogP contribution >= 0.6 is 0 Å². The van der Waals surface area contributed by atoms with Crippen molar-refractivity contribution in [3.63, 3.8) is 0 Å². The number of aryl methyl sites for hydroxylation is 2. The van der Waals surface area contributed by atoms with E-state index in [1.807, 2.05) is 37.3 Å². The average molecular weight is 460 g/mol. The minimum atomic E-state index is -0.402. The molecule has 176 valence electrons. The van der Waals surface area contributed by atoms with Gasteiger partial charge in [0.05, 0.1) is 18.1 Å². The van der Waals surface area contributed by atoms with Gasteiger partial charge in [-0.3, -0.25) is 19.4 Å². The van der Waals surface area contributed by atoms with Gasteiger partial charge < -0.3 is 14.6 Å². The van der Waals surface area contributed by atoms with Crippen molar-refractivity contribution in [2.24, 2.45) is 0 Å². The molecule has 1 aromatic carbocycles. The first-order chi connectivity index (χ1) is 16.4. The van der Waals surface area contributed by atoms with Crippen molar-refractivity contribution in [2.75, 3.05) is 7.11 Å². The Morgan fingerprint density at radius 3 is 2.62 bits per heavy atom. The van der Waals surface area contributed by atoms with E-state index in [0.29, 0.717) is 29.8 Å². The van der Waals surface area contributed by atoms with Crippen LogP contribution in [0.1, 0.15) is 47.7 Å². The lowest BCUT2D eigenvalue weighted by atomic mass is 10.1. The SMILES string of the molecule is CCCCCn1c(=N)c(C(=O)NCc2ccc(OC)cc2)cc2c(=O)n3cccc(C)c3nc21. The Labute approximate surface area is 197 Å². The highest BCUT2D eigenvalue weighted by Gasteiger charge is 2.18. The Hall–Kier alpha value is -3.94. The van der Waals surface area contributed by atoms with Crippen molar-refractivity contribution in [1.82, 2.24) is 19.3 Å². The summed E-state index contributed by atoms with van der Waals surface area (Å²) in [7, 11) is 1.60. The Balaban J connectivity index is 1.79. The van der Waals surface area contributed by atoms with E-state index in [-0.39, 0.29) is 16.6 Å². The second-order valence-electron chi connectivity index (χ2n) is 8.34. The molecule has 2 N–H and O–H groups in total. The summed E-state index contributed by atoms with van der Waals surface area (Å²) in [6.45, 7) is 4.81. The summed E-state index contributed by atoms with van der Waals surface area (Å²) in [4.78, 5) is 31.2. The molecular formula is C26H29N5O3. The molecule has 3 heterocycles. The molecule has 0 spiro atoms. The maximum absolute atomic E-state index is 13.4. The fourth-order valence-corrected chi connectivity index (χ4v) is 4.03. The number of aromatic nitrogens is 3. The highest BCUT2D eigenvalue weighted by molar-refractivity contribution is 5.96. The highest BCUT2D eigenvalue weighted by Crippen LogP contribution is 2.14. The van der Waals surface area contributed by atoms with E-state index in [2.05, 4.69) is 12.2 Å². The van der Waals surface area contributed by atoms with Crippen LogP contribution in [0, 0.1) is 12.3 Å². The van der Waals surface area contributed by atoms with Gasteiger partial charge in [-0.2, -0.15) is 0 Å². The minimum absolute atomic E-state index is 0.0562. The third-order valence-corrected chi connectivity index (χ3v) is 5.98. The molecule has 0 unspecified atom stereocenters. The monoisotopic (exact) mass is 459 g/mol. The molecule has 0 saturated heterocycles. The predicted octanol–water partition coefficient (Wildman–Crippen LogP) is 3.57. The number of carbonyl (C=O) groups excluding carboxylic acids is 1. The van der Waals surface area contributed by atoms with Crippen LogP contribution in [0.3, 0.4) is 0 Å². The molecule has 1 amide bonds. The molecule has 0 bridgehead atoms. The van der Waals surface area contributed by atoms with Crippen LogP contribution in [-0.2, 0) is 13.1 Å². The van der Waals surface area contributed by atoms with Gasteiger partial charge in [-0.1, -0.05) is 38.0 Å². The van der Waals surface area contributed by atoms with Crippen LogP contribution in [-0.4, -0.2) is 27.0 Å². The number of rotatable bonds is 8. The number of amides is 1. The second-order valence-corrected chi connectivity index (χ2v) is 8.34. The van der Waals surface area contributed by atoms with Crippen LogP contribution in [0.5, 0.6) is 5.75 Å². The van der Waals surface area contributed by atoms with Crippen LogP contribution in [0.15, 0.2) is 53.5 Å². The van der Waals surface area contributed by atoms with E-state index >= 15 is 0 Å². The van der Waals surface area contributed by atoms with Gasteiger partial charge in [-0.05, 0) is 48.7 Å². The number of nitrogens with one attached hydrogen (secondary N) is 2. The summed E-state index contributed by atoms with van der Waals surface area (Å²) in [6.07, 6.45) is 4.50. The standard InChI is InChI=1S/C26H29N5O3/c1-4-5-6-13-30-22(27)20(25(32)28-16-18-9-11-19(34-3)12-10-18)15-21-24(30)29-23-17(2)8-7-14-31(23)26(21)33/h7-12,14-15,27H,4-6,13,16H2,1-3H3,(H,28,32). The number of ether oxygens (including phenoxy) is 1. The lowest BCUT2D eigenvalue weighted by Crippen LogP contribution is -2.35. The molecule has 4 aromatic rings. The van der Waals surface area contributed by atoms with Crippen molar-refractivity contribution in [3.8, 4) is 5.75 Å². The fourth-order valence-electron chi connectivity index (χ4n) is 4.03. The summed E-state index contributed by atoms with van der Waals surface area (Å²) >= 11 is 0. The second kappa shape index (κ2) is 9.91. The van der Waals surface area contributed by atoms with Crippen LogP contribution in [0.2, 0.25) is 0 Å². The largest absolute Gasteiger partial charge is 0.497 e. The molecule has 0 fully saturated rings. The molecule has 8 nitrogen and oxygen atoms in total. The number of fused-ring (bicyclic) bond motifs is 2. The molecule has 0 atom stereocenters. The molecule has 3 aromatic heterocycles. The summed E-state index contributed by atoms with van der Waals surface area (Å²) in [5, 5.41) is 12.0. The van der Waals surface area contributed by atoms with E-state index in [1.54, 1.807) is 23.9 Å². The number of nitrogens with zero attached hydrogens (tertiary/aromatic N) is 3. The minimum Gasteiger partial charge on any atom is -0.497 e. The van der Waals surface area contributed by atoms with Crippen LogP contribution in [0.4, 0.5) is 0 Å². The maximum Gasteiger partial charge on any atom is 0.267 e. The molecule has 0 saturated carbocycles. The zero-order valence-electron chi connectivity index (χ0n) is 19.7. The number of unbranched alkanes of at least 4 members (excludes halogenated alkanes) is 2. The zero-order valence-corrected chi connectivity index (χ0v) is 19.7. The lowest BCUT2D eigenvalue weighted by Gasteiger charge is -2.15. The first-order valence-electron chi connectivity index (χ1n) is 11.5. The summed E-state index contributed by atoms with van der Waals surface area (Å²) in [5.41, 5.74) is 2.73. The summed E-state index contributed by atoms with van der Waals surface area (Å²) < 4.78 is 8.36. The Morgan fingerprint density at radius 2 is 1.91 bits per heavy atom. The van der Waals surface area contributed by atoms with Gasteiger partial charge in [-0.15, -0.1) is 0 Å². The van der Waals surface area contributed by atoms with Gasteiger partial charge in [0.1, 0.15) is 22.5 Å². The molecule has 8 heteroatoms. The molecule has 34 heavy (non-hydrogen) atoms. The first-order valence-corrected chi connectivity index (χ1v) is 11.5. The molecular weight excluding hydrogens is 430 g/mol. The summed E-state index contributed by atoms with van der Waals surface area (Å²) in [6, 6.07) is 12.6.